The monoisotopic (exact) mass is 381 g/mol. The number of fused-ring (bicyclic) bond motifs is 1. The Labute approximate surface area is 153 Å². The number of anilines is 1. The SMILES string of the molecule is Cc1ncc(C(F)(F)F)c2nc(CCc3nc(N4CCCC4)nn3C)[nH][n+]12. The Balaban J connectivity index is 1.57. The van der Waals surface area contributed by atoms with Gasteiger partial charge in [0.15, 0.2) is 5.56 Å². The Morgan fingerprint density at radius 1 is 1.19 bits per heavy atom. The van der Waals surface area contributed by atoms with Crippen LogP contribution in [-0.2, 0) is 26.1 Å². The van der Waals surface area contributed by atoms with Crippen molar-refractivity contribution < 1.29 is 17.7 Å². The highest BCUT2D eigenvalue weighted by Crippen LogP contribution is 2.30. The summed E-state index contributed by atoms with van der Waals surface area (Å²) in [6, 6.07) is 0. The van der Waals surface area contributed by atoms with E-state index in [9.17, 15) is 13.2 Å². The fourth-order valence-electron chi connectivity index (χ4n) is 3.29. The summed E-state index contributed by atoms with van der Waals surface area (Å²) in [7, 11) is 1.82. The molecule has 1 N–H and O–H groups in total. The molecule has 0 amide bonds. The van der Waals surface area contributed by atoms with Gasteiger partial charge in [0.05, 0.1) is 0 Å². The molecule has 8 nitrogen and oxygen atoms in total. The number of alkyl halides is 3. The van der Waals surface area contributed by atoms with E-state index in [4.69, 9.17) is 0 Å². The van der Waals surface area contributed by atoms with Crippen molar-refractivity contribution in [3.8, 4) is 0 Å². The molecule has 4 rings (SSSR count). The quantitative estimate of drug-likeness (QED) is 0.691. The van der Waals surface area contributed by atoms with Crippen molar-refractivity contribution in [2.24, 2.45) is 7.05 Å². The maximum atomic E-state index is 13.2. The molecule has 27 heavy (non-hydrogen) atoms. The zero-order chi connectivity index (χ0) is 19.2. The molecule has 0 spiro atoms. The minimum Gasteiger partial charge on any atom is -0.340 e. The number of hydrogen-bond acceptors (Lipinski definition) is 5. The Kier molecular flexibility index (Phi) is 4.23. The fraction of sp³-hybridized carbons (Fsp3) is 0.562. The molecule has 1 aliphatic rings. The van der Waals surface area contributed by atoms with Crippen LogP contribution in [0.2, 0.25) is 0 Å². The molecule has 0 saturated carbocycles. The van der Waals surface area contributed by atoms with E-state index < -0.39 is 11.7 Å². The number of aromatic nitrogens is 7. The number of halogens is 3. The lowest BCUT2D eigenvalue weighted by Gasteiger charge is -2.10. The Morgan fingerprint density at radius 2 is 1.93 bits per heavy atom. The number of aromatic amines is 1. The number of aryl methyl sites for hydroxylation is 4. The lowest BCUT2D eigenvalue weighted by Crippen LogP contribution is -2.31. The van der Waals surface area contributed by atoms with Crippen LogP contribution < -0.4 is 9.42 Å². The Hall–Kier alpha value is -2.72. The second-order valence-electron chi connectivity index (χ2n) is 6.69. The van der Waals surface area contributed by atoms with Crippen molar-refractivity contribution in [3.63, 3.8) is 0 Å². The van der Waals surface area contributed by atoms with Crippen LogP contribution in [0.5, 0.6) is 0 Å². The predicted octanol–water partition coefficient (Wildman–Crippen LogP) is 1.38. The second kappa shape index (κ2) is 6.46. The molecule has 0 unspecified atom stereocenters. The van der Waals surface area contributed by atoms with Gasteiger partial charge in [-0.3, -0.25) is 4.68 Å². The van der Waals surface area contributed by atoms with Gasteiger partial charge in [-0.25, -0.2) is 5.10 Å². The molecule has 1 aliphatic heterocycles. The average molecular weight is 381 g/mol. The molecule has 4 heterocycles. The first-order valence-electron chi connectivity index (χ1n) is 8.81. The van der Waals surface area contributed by atoms with E-state index in [1.54, 1.807) is 11.6 Å². The third-order valence-electron chi connectivity index (χ3n) is 4.76. The minimum atomic E-state index is -4.51. The van der Waals surface area contributed by atoms with Crippen LogP contribution in [0.3, 0.4) is 0 Å². The van der Waals surface area contributed by atoms with E-state index in [2.05, 4.69) is 30.0 Å². The summed E-state index contributed by atoms with van der Waals surface area (Å²) in [5, 5.41) is 7.35. The van der Waals surface area contributed by atoms with Gasteiger partial charge in [0.1, 0.15) is 12.0 Å². The molecule has 1 saturated heterocycles. The van der Waals surface area contributed by atoms with Gasteiger partial charge < -0.3 is 4.90 Å². The van der Waals surface area contributed by atoms with Gasteiger partial charge in [-0.2, -0.15) is 18.2 Å². The third kappa shape index (κ3) is 3.33. The molecule has 0 aliphatic carbocycles. The van der Waals surface area contributed by atoms with Crippen molar-refractivity contribution in [2.75, 3.05) is 18.0 Å². The molecule has 0 radical (unpaired) electrons. The van der Waals surface area contributed by atoms with Crippen LogP contribution in [0.15, 0.2) is 6.20 Å². The zero-order valence-corrected chi connectivity index (χ0v) is 15.1. The summed E-state index contributed by atoms with van der Waals surface area (Å²) in [6.45, 7) is 3.53. The Bertz CT molecular complexity index is 968. The number of rotatable bonds is 4. The standard InChI is InChI=1S/C16H19F3N8/c1-10-20-9-11(16(17,18)19)14-21-12(23-27(10)14)5-6-13-22-15(24-25(13)2)26-7-3-4-8-26/h9H,3-8H2,1-2H3/p+1. The molecular formula is C16H20F3N8+. The van der Waals surface area contributed by atoms with E-state index >= 15 is 0 Å². The van der Waals surface area contributed by atoms with Crippen molar-refractivity contribution in [3.05, 3.63) is 29.2 Å². The van der Waals surface area contributed by atoms with Crippen molar-refractivity contribution >= 4 is 11.6 Å². The molecule has 1 fully saturated rings. The van der Waals surface area contributed by atoms with Gasteiger partial charge in [0.25, 0.3) is 5.82 Å². The maximum Gasteiger partial charge on any atom is 0.425 e. The van der Waals surface area contributed by atoms with Gasteiger partial charge in [-0.05, 0) is 12.8 Å². The highest BCUT2D eigenvalue weighted by Gasteiger charge is 2.39. The summed E-state index contributed by atoms with van der Waals surface area (Å²) in [6.07, 6.45) is -0.472. The summed E-state index contributed by atoms with van der Waals surface area (Å²) >= 11 is 0. The van der Waals surface area contributed by atoms with Crippen molar-refractivity contribution in [2.45, 2.75) is 38.8 Å². The van der Waals surface area contributed by atoms with Gasteiger partial charge in [-0.1, -0.05) is 4.98 Å². The van der Waals surface area contributed by atoms with Crippen LogP contribution in [0.25, 0.3) is 5.65 Å². The highest BCUT2D eigenvalue weighted by atomic mass is 19.4. The summed E-state index contributed by atoms with van der Waals surface area (Å²) in [5.74, 6) is 2.34. The summed E-state index contributed by atoms with van der Waals surface area (Å²) in [4.78, 5) is 14.7. The molecular weight excluding hydrogens is 361 g/mol. The highest BCUT2D eigenvalue weighted by molar-refractivity contribution is 5.41. The average Bonchev–Trinajstić information content (AvgIpc) is 3.31. The van der Waals surface area contributed by atoms with Crippen LogP contribution in [-0.4, -0.2) is 42.9 Å². The molecule has 144 valence electrons. The fourth-order valence-corrected chi connectivity index (χ4v) is 3.29. The van der Waals surface area contributed by atoms with E-state index in [0.717, 1.165) is 38.0 Å². The largest absolute Gasteiger partial charge is 0.425 e. The Morgan fingerprint density at radius 3 is 2.63 bits per heavy atom. The minimum absolute atomic E-state index is 0.166. The first-order chi connectivity index (χ1) is 12.8. The normalized spacial score (nSPS) is 15.2. The maximum absolute atomic E-state index is 13.2. The first-order valence-corrected chi connectivity index (χ1v) is 8.81. The van der Waals surface area contributed by atoms with Crippen LogP contribution >= 0.6 is 0 Å². The molecule has 0 atom stereocenters. The lowest BCUT2D eigenvalue weighted by molar-refractivity contribution is -0.589. The molecule has 3 aromatic heterocycles. The summed E-state index contributed by atoms with van der Waals surface area (Å²) < 4.78 is 42.5. The van der Waals surface area contributed by atoms with E-state index in [1.165, 1.54) is 4.52 Å². The number of hydrogen-bond donors (Lipinski definition) is 1. The lowest BCUT2D eigenvalue weighted by atomic mass is 10.3. The van der Waals surface area contributed by atoms with E-state index in [0.29, 0.717) is 30.4 Å². The van der Waals surface area contributed by atoms with Gasteiger partial charge >= 0.3 is 11.8 Å². The van der Waals surface area contributed by atoms with Crippen molar-refractivity contribution in [1.29, 1.82) is 0 Å². The summed E-state index contributed by atoms with van der Waals surface area (Å²) in [5.41, 5.74) is -1.02. The first kappa shape index (κ1) is 17.7. The molecule has 11 heteroatoms. The number of nitrogens with one attached hydrogen (secondary N) is 1. The smallest absolute Gasteiger partial charge is 0.340 e. The van der Waals surface area contributed by atoms with Gasteiger partial charge in [-0.15, -0.1) is 14.6 Å². The predicted molar refractivity (Wildman–Crippen MR) is 89.1 cm³/mol. The topological polar surface area (TPSA) is 79.6 Å². The van der Waals surface area contributed by atoms with E-state index in [1.807, 2.05) is 7.05 Å². The molecule has 3 aromatic rings. The number of nitrogens with zero attached hydrogens (tertiary/aromatic N) is 7. The zero-order valence-electron chi connectivity index (χ0n) is 15.1. The third-order valence-corrected chi connectivity index (χ3v) is 4.76. The second-order valence-corrected chi connectivity index (χ2v) is 6.69. The van der Waals surface area contributed by atoms with E-state index in [-0.39, 0.29) is 5.65 Å². The molecule has 0 bridgehead atoms. The van der Waals surface area contributed by atoms with Crippen LogP contribution in [0.4, 0.5) is 19.1 Å². The van der Waals surface area contributed by atoms with Crippen molar-refractivity contribution in [1.82, 2.24) is 29.8 Å². The molecule has 0 aromatic carbocycles. The van der Waals surface area contributed by atoms with Gasteiger partial charge in [0, 0.05) is 39.9 Å². The van der Waals surface area contributed by atoms with Crippen LogP contribution in [0.1, 0.15) is 35.9 Å². The van der Waals surface area contributed by atoms with Gasteiger partial charge in [0.2, 0.25) is 11.8 Å². The number of H-pyrrole nitrogens is 1. The van der Waals surface area contributed by atoms with Crippen LogP contribution in [0, 0.1) is 6.92 Å².